The lowest BCUT2D eigenvalue weighted by molar-refractivity contribution is -0.235. The van der Waals surface area contributed by atoms with E-state index in [2.05, 4.69) is 16.4 Å². The van der Waals surface area contributed by atoms with Gasteiger partial charge in [-0.15, -0.1) is 0 Å². The molecular formula is C5H10O2S. The van der Waals surface area contributed by atoms with Crippen molar-refractivity contribution >= 4 is 11.8 Å². The number of hydrogen-bond acceptors (Lipinski definition) is 3. The van der Waals surface area contributed by atoms with Crippen LogP contribution in [0.5, 0.6) is 0 Å². The molecule has 0 rings (SSSR count). The van der Waals surface area contributed by atoms with Gasteiger partial charge in [-0.3, -0.25) is 0 Å². The minimum Gasteiger partial charge on any atom is -0.342 e. The zero-order chi connectivity index (χ0) is 6.41. The van der Waals surface area contributed by atoms with Crippen molar-refractivity contribution in [3.63, 3.8) is 0 Å². The average molecular weight is 134 g/mol. The summed E-state index contributed by atoms with van der Waals surface area (Å²) in [6.45, 7) is 3.57. The molecule has 0 fully saturated rings. The molecule has 0 saturated heterocycles. The Hall–Kier alpha value is -0.150. The van der Waals surface area contributed by atoms with Gasteiger partial charge in [-0.05, 0) is 6.26 Å². The summed E-state index contributed by atoms with van der Waals surface area (Å²) in [7, 11) is 1.46. The smallest absolute Gasteiger partial charge is 0.145 e. The third kappa shape index (κ3) is 4.02. The summed E-state index contributed by atoms with van der Waals surface area (Å²) in [5.41, 5.74) is 0. The molecule has 0 aromatic carbocycles. The highest BCUT2D eigenvalue weighted by Crippen LogP contribution is 2.01. The Balaban J connectivity index is 3.06. The van der Waals surface area contributed by atoms with E-state index in [-0.39, 0.29) is 0 Å². The molecule has 0 heterocycles. The first kappa shape index (κ1) is 7.85. The van der Waals surface area contributed by atoms with Crippen LogP contribution in [0.4, 0.5) is 0 Å². The van der Waals surface area contributed by atoms with Crippen molar-refractivity contribution in [3.8, 4) is 0 Å². The topological polar surface area (TPSA) is 18.5 Å². The van der Waals surface area contributed by atoms with E-state index in [1.807, 2.05) is 6.26 Å². The molecular weight excluding hydrogens is 124 g/mol. The number of thioether (sulfide) groups is 1. The highest BCUT2D eigenvalue weighted by atomic mass is 32.2. The Kier molecular flexibility index (Phi) is 4.90. The maximum Gasteiger partial charge on any atom is 0.145 e. The van der Waals surface area contributed by atoms with Gasteiger partial charge in [-0.25, -0.2) is 0 Å². The Morgan fingerprint density at radius 1 is 1.75 bits per heavy atom. The van der Waals surface area contributed by atoms with Crippen molar-refractivity contribution in [1.29, 1.82) is 0 Å². The van der Waals surface area contributed by atoms with Crippen LogP contribution in [0.15, 0.2) is 12.3 Å². The van der Waals surface area contributed by atoms with E-state index >= 15 is 0 Å². The molecule has 3 heteroatoms. The standard InChI is InChI=1S/C5H10O2S/c1-5(4-8-3)7-6-2/h1,4H2,2-3H3. The van der Waals surface area contributed by atoms with Crippen molar-refractivity contribution < 1.29 is 9.78 Å². The summed E-state index contributed by atoms with van der Waals surface area (Å²) in [5, 5.41) is 0. The summed E-state index contributed by atoms with van der Waals surface area (Å²) in [6.07, 6.45) is 1.98. The second-order valence-corrected chi connectivity index (χ2v) is 2.09. The van der Waals surface area contributed by atoms with Crippen molar-refractivity contribution in [2.75, 3.05) is 19.1 Å². The molecule has 0 radical (unpaired) electrons. The predicted octanol–water partition coefficient (Wildman–Crippen LogP) is 1.44. The van der Waals surface area contributed by atoms with Crippen LogP contribution in [0, 0.1) is 0 Å². The van der Waals surface area contributed by atoms with Gasteiger partial charge in [-0.1, -0.05) is 6.58 Å². The van der Waals surface area contributed by atoms with Gasteiger partial charge in [0, 0.05) is 0 Å². The zero-order valence-electron chi connectivity index (χ0n) is 5.14. The highest BCUT2D eigenvalue weighted by molar-refractivity contribution is 7.98. The van der Waals surface area contributed by atoms with Gasteiger partial charge in [-0.2, -0.15) is 16.6 Å². The van der Waals surface area contributed by atoms with Crippen molar-refractivity contribution in [2.45, 2.75) is 0 Å². The molecule has 0 atom stereocenters. The van der Waals surface area contributed by atoms with Crippen LogP contribution in [0.3, 0.4) is 0 Å². The van der Waals surface area contributed by atoms with E-state index < -0.39 is 0 Å². The second-order valence-electron chi connectivity index (χ2n) is 1.22. The summed E-state index contributed by atoms with van der Waals surface area (Å²) in [6, 6.07) is 0. The molecule has 0 spiro atoms. The third-order valence-electron chi connectivity index (χ3n) is 0.507. The molecule has 0 unspecified atom stereocenters. The maximum absolute atomic E-state index is 4.57. The molecule has 0 amide bonds. The fourth-order valence-corrected chi connectivity index (χ4v) is 0.673. The van der Waals surface area contributed by atoms with Crippen LogP contribution in [0.1, 0.15) is 0 Å². The Labute approximate surface area is 53.8 Å². The minimum atomic E-state index is 0.653. The van der Waals surface area contributed by atoms with Gasteiger partial charge in [0.1, 0.15) is 5.76 Å². The first-order chi connectivity index (χ1) is 3.81. The monoisotopic (exact) mass is 134 g/mol. The van der Waals surface area contributed by atoms with Crippen LogP contribution in [-0.4, -0.2) is 19.1 Å². The molecule has 0 N–H and O–H groups in total. The predicted molar refractivity (Wildman–Crippen MR) is 35.6 cm³/mol. The molecule has 0 bridgehead atoms. The van der Waals surface area contributed by atoms with Gasteiger partial charge >= 0.3 is 0 Å². The van der Waals surface area contributed by atoms with Crippen LogP contribution >= 0.6 is 11.8 Å². The van der Waals surface area contributed by atoms with Gasteiger partial charge < -0.3 is 4.89 Å². The second kappa shape index (κ2) is 5.00. The third-order valence-corrected chi connectivity index (χ3v) is 1.12. The van der Waals surface area contributed by atoms with Crippen LogP contribution < -0.4 is 0 Å². The fraction of sp³-hybridized carbons (Fsp3) is 0.600. The first-order valence-corrected chi connectivity index (χ1v) is 3.58. The number of rotatable bonds is 4. The lowest BCUT2D eigenvalue weighted by Gasteiger charge is -1.99. The van der Waals surface area contributed by atoms with Crippen molar-refractivity contribution in [2.24, 2.45) is 0 Å². The van der Waals surface area contributed by atoms with E-state index in [1.165, 1.54) is 7.11 Å². The average Bonchev–Trinajstić information content (AvgIpc) is 1.68. The van der Waals surface area contributed by atoms with Crippen molar-refractivity contribution in [1.82, 2.24) is 0 Å². The van der Waals surface area contributed by atoms with Gasteiger partial charge in [0.15, 0.2) is 0 Å². The Bertz CT molecular complexity index is 64.8. The van der Waals surface area contributed by atoms with Gasteiger partial charge in [0.2, 0.25) is 0 Å². The quantitative estimate of drug-likeness (QED) is 0.329. The molecule has 2 nitrogen and oxygen atoms in total. The lowest BCUT2D eigenvalue weighted by atomic mass is 10.7. The van der Waals surface area contributed by atoms with Crippen molar-refractivity contribution in [3.05, 3.63) is 12.3 Å². The van der Waals surface area contributed by atoms with Crippen LogP contribution in [0.25, 0.3) is 0 Å². The highest BCUT2D eigenvalue weighted by Gasteiger charge is 1.89. The molecule has 0 aromatic heterocycles. The summed E-state index contributed by atoms with van der Waals surface area (Å²) in [4.78, 5) is 8.91. The van der Waals surface area contributed by atoms with E-state index in [4.69, 9.17) is 0 Å². The van der Waals surface area contributed by atoms with Crippen LogP contribution in [-0.2, 0) is 9.78 Å². The Morgan fingerprint density at radius 2 is 2.38 bits per heavy atom. The van der Waals surface area contributed by atoms with E-state index in [1.54, 1.807) is 11.8 Å². The Morgan fingerprint density at radius 3 is 2.75 bits per heavy atom. The summed E-state index contributed by atoms with van der Waals surface area (Å²) >= 11 is 1.65. The molecule has 48 valence electrons. The summed E-state index contributed by atoms with van der Waals surface area (Å²) < 4.78 is 0. The lowest BCUT2D eigenvalue weighted by Crippen LogP contribution is -1.90. The van der Waals surface area contributed by atoms with Gasteiger partial charge in [0.25, 0.3) is 0 Å². The fourth-order valence-electron chi connectivity index (χ4n) is 0.303. The van der Waals surface area contributed by atoms with E-state index in [0.29, 0.717) is 5.76 Å². The SMILES string of the molecule is C=C(CSC)OOC. The zero-order valence-corrected chi connectivity index (χ0v) is 5.96. The van der Waals surface area contributed by atoms with E-state index in [9.17, 15) is 0 Å². The first-order valence-electron chi connectivity index (χ1n) is 2.18. The van der Waals surface area contributed by atoms with Crippen LogP contribution in [0.2, 0.25) is 0 Å². The molecule has 0 saturated carbocycles. The number of hydrogen-bond donors (Lipinski definition) is 0. The molecule has 0 aromatic rings. The normalized spacial score (nSPS) is 8.75. The minimum absolute atomic E-state index is 0.653. The molecule has 0 aliphatic rings. The molecule has 0 aliphatic carbocycles. The molecule has 0 aliphatic heterocycles. The molecule has 8 heavy (non-hydrogen) atoms. The summed E-state index contributed by atoms with van der Waals surface area (Å²) in [5.74, 6) is 1.44. The maximum atomic E-state index is 4.57. The van der Waals surface area contributed by atoms with Gasteiger partial charge in [0.05, 0.1) is 12.9 Å². The largest absolute Gasteiger partial charge is 0.342 e. The van der Waals surface area contributed by atoms with E-state index in [0.717, 1.165) is 5.75 Å².